The van der Waals surface area contributed by atoms with Crippen molar-refractivity contribution in [1.29, 1.82) is 0 Å². The van der Waals surface area contributed by atoms with Gasteiger partial charge in [-0.05, 0) is 12.3 Å². The Labute approximate surface area is 74.3 Å². The van der Waals surface area contributed by atoms with Gasteiger partial charge in [-0.15, -0.1) is 0 Å². The summed E-state index contributed by atoms with van der Waals surface area (Å²) in [6.45, 7) is 4.07. The third-order valence-corrected chi connectivity index (χ3v) is 1.69. The lowest BCUT2D eigenvalue weighted by Crippen LogP contribution is -2.00. The van der Waals surface area contributed by atoms with Crippen LogP contribution in [-0.4, -0.2) is 11.1 Å². The summed E-state index contributed by atoms with van der Waals surface area (Å²) in [4.78, 5) is 10.3. The Morgan fingerprint density at radius 3 is 2.75 bits per heavy atom. The lowest BCUT2D eigenvalue weighted by atomic mass is 10.1. The second kappa shape index (κ2) is 6.89. The van der Waals surface area contributed by atoms with E-state index in [2.05, 4.69) is 13.0 Å². The highest BCUT2D eigenvalue weighted by molar-refractivity contribution is 5.67. The molecule has 1 N–H and O–H groups in total. The summed E-state index contributed by atoms with van der Waals surface area (Å²) in [6.07, 6.45) is 7.76. The van der Waals surface area contributed by atoms with E-state index in [9.17, 15) is 4.79 Å². The minimum Gasteiger partial charge on any atom is -0.481 e. The number of aliphatic carboxylic acids is 1. The molecule has 12 heavy (non-hydrogen) atoms. The standard InChI is InChI=1S/C10H18O2/c1-3-4-5-6-7-9(2)8-10(11)12/h6-7,9H,3-5,8H2,1-2H3,(H,11,12)/b7-6+. The molecule has 0 aromatic carbocycles. The number of rotatable bonds is 6. The maximum Gasteiger partial charge on any atom is 0.303 e. The van der Waals surface area contributed by atoms with Crippen LogP contribution >= 0.6 is 0 Å². The molecule has 0 saturated carbocycles. The van der Waals surface area contributed by atoms with E-state index >= 15 is 0 Å². The molecule has 0 aromatic heterocycles. The van der Waals surface area contributed by atoms with Crippen LogP contribution in [0.2, 0.25) is 0 Å². The van der Waals surface area contributed by atoms with Gasteiger partial charge in [-0.25, -0.2) is 0 Å². The van der Waals surface area contributed by atoms with E-state index in [4.69, 9.17) is 5.11 Å². The van der Waals surface area contributed by atoms with Crippen molar-refractivity contribution in [1.82, 2.24) is 0 Å². The first-order valence-electron chi connectivity index (χ1n) is 4.55. The van der Waals surface area contributed by atoms with E-state index in [-0.39, 0.29) is 12.3 Å². The monoisotopic (exact) mass is 170 g/mol. The van der Waals surface area contributed by atoms with Crippen LogP contribution in [0, 0.1) is 5.92 Å². The number of carboxylic acid groups (broad SMARTS) is 1. The van der Waals surface area contributed by atoms with E-state index in [1.54, 1.807) is 0 Å². The predicted molar refractivity (Wildman–Crippen MR) is 50.1 cm³/mol. The van der Waals surface area contributed by atoms with Gasteiger partial charge in [-0.2, -0.15) is 0 Å². The number of hydrogen-bond donors (Lipinski definition) is 1. The Morgan fingerprint density at radius 1 is 1.58 bits per heavy atom. The van der Waals surface area contributed by atoms with E-state index in [0.717, 1.165) is 6.42 Å². The summed E-state index contributed by atoms with van der Waals surface area (Å²) >= 11 is 0. The molecule has 0 spiro atoms. The molecule has 0 radical (unpaired) electrons. The van der Waals surface area contributed by atoms with Crippen LogP contribution in [0.25, 0.3) is 0 Å². The summed E-state index contributed by atoms with van der Waals surface area (Å²) in [7, 11) is 0. The first-order valence-corrected chi connectivity index (χ1v) is 4.55. The van der Waals surface area contributed by atoms with Crippen molar-refractivity contribution in [2.45, 2.75) is 39.5 Å². The number of unbranched alkanes of at least 4 members (excludes halogenated alkanes) is 2. The average molecular weight is 170 g/mol. The molecule has 0 bridgehead atoms. The molecule has 0 saturated heterocycles. The second-order valence-corrected chi connectivity index (χ2v) is 3.15. The molecule has 1 unspecified atom stereocenters. The van der Waals surface area contributed by atoms with Crippen molar-refractivity contribution in [3.05, 3.63) is 12.2 Å². The topological polar surface area (TPSA) is 37.3 Å². The summed E-state index contributed by atoms with van der Waals surface area (Å²) in [5.41, 5.74) is 0. The van der Waals surface area contributed by atoms with Crippen molar-refractivity contribution < 1.29 is 9.90 Å². The van der Waals surface area contributed by atoms with Gasteiger partial charge < -0.3 is 5.11 Å². The van der Waals surface area contributed by atoms with Gasteiger partial charge in [0, 0.05) is 0 Å². The molecule has 0 aromatic rings. The van der Waals surface area contributed by atoms with Crippen LogP contribution in [0.3, 0.4) is 0 Å². The fourth-order valence-electron chi connectivity index (χ4n) is 0.994. The highest BCUT2D eigenvalue weighted by Crippen LogP contribution is 2.05. The maximum absolute atomic E-state index is 10.3. The molecule has 0 aliphatic heterocycles. The van der Waals surface area contributed by atoms with Crippen molar-refractivity contribution in [3.63, 3.8) is 0 Å². The van der Waals surface area contributed by atoms with Crippen LogP contribution < -0.4 is 0 Å². The molecule has 0 heterocycles. The van der Waals surface area contributed by atoms with Crippen molar-refractivity contribution >= 4 is 5.97 Å². The Morgan fingerprint density at radius 2 is 2.25 bits per heavy atom. The summed E-state index contributed by atoms with van der Waals surface area (Å²) < 4.78 is 0. The van der Waals surface area contributed by atoms with Crippen LogP contribution in [-0.2, 0) is 4.79 Å². The van der Waals surface area contributed by atoms with Crippen LogP contribution in [0.5, 0.6) is 0 Å². The SMILES string of the molecule is CCCC/C=C/C(C)CC(=O)O. The molecule has 70 valence electrons. The van der Waals surface area contributed by atoms with E-state index in [1.807, 2.05) is 13.0 Å². The Hall–Kier alpha value is -0.790. The maximum atomic E-state index is 10.3. The van der Waals surface area contributed by atoms with Gasteiger partial charge in [0.05, 0.1) is 6.42 Å². The van der Waals surface area contributed by atoms with Crippen molar-refractivity contribution in [3.8, 4) is 0 Å². The molecule has 0 fully saturated rings. The van der Waals surface area contributed by atoms with Crippen LogP contribution in [0.15, 0.2) is 12.2 Å². The molecule has 2 nitrogen and oxygen atoms in total. The predicted octanol–water partition coefficient (Wildman–Crippen LogP) is 2.84. The zero-order chi connectivity index (χ0) is 9.40. The van der Waals surface area contributed by atoms with Gasteiger partial charge in [0.15, 0.2) is 0 Å². The van der Waals surface area contributed by atoms with E-state index < -0.39 is 5.97 Å². The van der Waals surface area contributed by atoms with Crippen molar-refractivity contribution in [2.24, 2.45) is 5.92 Å². The second-order valence-electron chi connectivity index (χ2n) is 3.15. The lowest BCUT2D eigenvalue weighted by molar-refractivity contribution is -0.137. The Balaban J connectivity index is 3.46. The molecule has 0 aliphatic carbocycles. The third kappa shape index (κ3) is 7.32. The van der Waals surface area contributed by atoms with Gasteiger partial charge in [0.25, 0.3) is 0 Å². The number of allylic oxidation sites excluding steroid dienone is 2. The summed E-state index contributed by atoms with van der Waals surface area (Å²) in [5, 5.41) is 8.45. The molecule has 0 rings (SSSR count). The van der Waals surface area contributed by atoms with E-state index in [0.29, 0.717) is 0 Å². The zero-order valence-corrected chi connectivity index (χ0v) is 7.92. The number of hydrogen-bond acceptors (Lipinski definition) is 1. The Bertz CT molecular complexity index is 150. The molecule has 0 aliphatic rings. The number of carboxylic acids is 1. The van der Waals surface area contributed by atoms with Crippen molar-refractivity contribution in [2.75, 3.05) is 0 Å². The van der Waals surface area contributed by atoms with Crippen LogP contribution in [0.4, 0.5) is 0 Å². The third-order valence-electron chi connectivity index (χ3n) is 1.69. The quantitative estimate of drug-likeness (QED) is 0.491. The van der Waals surface area contributed by atoms with Gasteiger partial charge >= 0.3 is 5.97 Å². The molecular weight excluding hydrogens is 152 g/mol. The highest BCUT2D eigenvalue weighted by Gasteiger charge is 2.02. The lowest BCUT2D eigenvalue weighted by Gasteiger charge is -1.99. The first kappa shape index (κ1) is 11.2. The normalized spacial score (nSPS) is 13.5. The summed E-state index contributed by atoms with van der Waals surface area (Å²) in [5.74, 6) is -0.554. The van der Waals surface area contributed by atoms with Crippen LogP contribution in [0.1, 0.15) is 39.5 Å². The molecule has 1 atom stereocenters. The fourth-order valence-corrected chi connectivity index (χ4v) is 0.994. The average Bonchev–Trinajstić information content (AvgIpc) is 1.97. The summed E-state index contributed by atoms with van der Waals surface area (Å²) in [6, 6.07) is 0. The first-order chi connectivity index (χ1) is 5.66. The largest absolute Gasteiger partial charge is 0.481 e. The smallest absolute Gasteiger partial charge is 0.303 e. The number of carbonyl (C=O) groups is 1. The fraction of sp³-hybridized carbons (Fsp3) is 0.700. The minimum absolute atomic E-state index is 0.166. The van der Waals surface area contributed by atoms with Gasteiger partial charge in [-0.3, -0.25) is 4.79 Å². The van der Waals surface area contributed by atoms with E-state index in [1.165, 1.54) is 12.8 Å². The van der Waals surface area contributed by atoms with Gasteiger partial charge in [0.1, 0.15) is 0 Å². The molecule has 2 heteroatoms. The highest BCUT2D eigenvalue weighted by atomic mass is 16.4. The molecule has 0 amide bonds. The Kier molecular flexibility index (Phi) is 6.44. The minimum atomic E-state index is -0.720. The van der Waals surface area contributed by atoms with Gasteiger partial charge in [0.2, 0.25) is 0 Å². The van der Waals surface area contributed by atoms with Gasteiger partial charge in [-0.1, -0.05) is 38.8 Å². The zero-order valence-electron chi connectivity index (χ0n) is 7.92. The molecular formula is C10H18O2.